The van der Waals surface area contributed by atoms with E-state index in [9.17, 15) is 0 Å². The summed E-state index contributed by atoms with van der Waals surface area (Å²) in [6, 6.07) is 26.8. The lowest BCUT2D eigenvalue weighted by atomic mass is 9.78. The Balaban J connectivity index is 1.36. The minimum Gasteiger partial charge on any atom is -0.491 e. The predicted octanol–water partition coefficient (Wildman–Crippen LogP) is 16.6. The fraction of sp³-hybridized carbons (Fsp3) is 0.440. The lowest BCUT2D eigenvalue weighted by molar-refractivity contribution is -0.320. The molecule has 0 spiro atoms. The highest BCUT2D eigenvalue weighted by molar-refractivity contribution is 7.32. The van der Waals surface area contributed by atoms with Crippen molar-refractivity contribution in [2.75, 3.05) is 13.2 Å². The van der Waals surface area contributed by atoms with Gasteiger partial charge in [-0.3, -0.25) is 0 Å². The number of rotatable bonds is 19. The van der Waals surface area contributed by atoms with Crippen LogP contribution in [0.4, 0.5) is 0 Å². The summed E-state index contributed by atoms with van der Waals surface area (Å²) in [5, 5.41) is 3.69. The van der Waals surface area contributed by atoms with Crippen molar-refractivity contribution in [1.29, 1.82) is 0 Å². The molecule has 58 heavy (non-hydrogen) atoms. The van der Waals surface area contributed by atoms with Gasteiger partial charge in [0.25, 0.3) is 0 Å². The Morgan fingerprint density at radius 1 is 0.655 bits per heavy atom. The lowest BCUT2D eigenvalue weighted by Crippen LogP contribution is -2.20. The molecule has 0 fully saturated rings. The summed E-state index contributed by atoms with van der Waals surface area (Å²) in [7, 11) is 0. The zero-order valence-corrected chi connectivity index (χ0v) is 38.3. The van der Waals surface area contributed by atoms with Crippen molar-refractivity contribution in [3.63, 3.8) is 0 Å². The summed E-state index contributed by atoms with van der Waals surface area (Å²) in [4.78, 5) is 17.6. The molecule has 0 amide bonds. The fourth-order valence-electron chi connectivity index (χ4n) is 8.43. The van der Waals surface area contributed by atoms with E-state index < -0.39 is 0 Å². The number of hydrogen-bond donors (Lipinski definition) is 0. The second kappa shape index (κ2) is 18.6. The Morgan fingerprint density at radius 3 is 1.88 bits per heavy atom. The number of unbranched alkanes of at least 4 members (excludes halogenated alkanes) is 2. The van der Waals surface area contributed by atoms with Crippen LogP contribution in [-0.4, -0.2) is 13.2 Å². The molecule has 0 N–H and O–H groups in total. The van der Waals surface area contributed by atoms with Gasteiger partial charge in [0.15, 0.2) is 0 Å². The van der Waals surface area contributed by atoms with Crippen molar-refractivity contribution in [2.45, 2.75) is 118 Å². The van der Waals surface area contributed by atoms with Crippen LogP contribution >= 0.6 is 45.3 Å². The van der Waals surface area contributed by atoms with E-state index >= 15 is 0 Å². The third-order valence-corrected chi connectivity index (χ3v) is 17.8. The van der Waals surface area contributed by atoms with Gasteiger partial charge in [-0.1, -0.05) is 141 Å². The Kier molecular flexibility index (Phi) is 13.3. The highest BCUT2D eigenvalue weighted by Crippen LogP contribution is 2.57. The zero-order valence-electron chi connectivity index (χ0n) is 35.0. The molecule has 3 unspecified atom stereocenters. The van der Waals surface area contributed by atoms with Crippen molar-refractivity contribution in [2.24, 2.45) is 11.8 Å². The molecule has 0 bridgehead atoms. The largest absolute Gasteiger partial charge is 0.491 e. The van der Waals surface area contributed by atoms with Gasteiger partial charge in [0.1, 0.15) is 24.7 Å². The first-order valence-corrected chi connectivity index (χ1v) is 24.9. The molecule has 0 saturated carbocycles. The molecule has 3 aromatic carbocycles. The number of fused-ring (bicyclic) bond motifs is 5. The quantitative estimate of drug-likeness (QED) is 0.0760. The van der Waals surface area contributed by atoms with Gasteiger partial charge in [-0.25, -0.2) is 9.78 Å². The Hall–Kier alpha value is -3.24. The van der Waals surface area contributed by atoms with E-state index in [-0.39, 0.29) is 5.41 Å². The van der Waals surface area contributed by atoms with Gasteiger partial charge in [-0.05, 0) is 54.4 Å². The minimum absolute atomic E-state index is 0.139. The Morgan fingerprint density at radius 2 is 1.26 bits per heavy atom. The molecule has 7 aromatic rings. The van der Waals surface area contributed by atoms with E-state index in [4.69, 9.17) is 19.2 Å². The molecule has 3 atom stereocenters. The second-order valence-electron chi connectivity index (χ2n) is 16.2. The minimum atomic E-state index is -0.139. The average molecular weight is 851 g/mol. The van der Waals surface area contributed by atoms with Crippen LogP contribution in [0, 0.1) is 11.8 Å². The van der Waals surface area contributed by atoms with Gasteiger partial charge in [0.05, 0.1) is 32.2 Å². The molecule has 306 valence electrons. The number of thiophene rings is 4. The fourth-order valence-corrected chi connectivity index (χ4v) is 13.9. The van der Waals surface area contributed by atoms with Crippen molar-refractivity contribution in [3.8, 4) is 31.7 Å². The number of benzene rings is 3. The van der Waals surface area contributed by atoms with Crippen LogP contribution in [0.2, 0.25) is 0 Å². The van der Waals surface area contributed by atoms with Gasteiger partial charge in [0, 0.05) is 46.6 Å². The molecular formula is C50H58O4S4. The molecule has 5 heterocycles. The van der Waals surface area contributed by atoms with E-state index in [0.29, 0.717) is 25.0 Å². The third kappa shape index (κ3) is 8.02. The zero-order chi connectivity index (χ0) is 40.2. The first-order chi connectivity index (χ1) is 28.4. The summed E-state index contributed by atoms with van der Waals surface area (Å²) >= 11 is 7.56. The average Bonchev–Trinajstić information content (AvgIpc) is 4.07. The maximum Gasteiger partial charge on any atom is 0.146 e. The van der Waals surface area contributed by atoms with Gasteiger partial charge < -0.3 is 9.47 Å². The van der Waals surface area contributed by atoms with Gasteiger partial charge in [0.2, 0.25) is 0 Å². The van der Waals surface area contributed by atoms with E-state index in [2.05, 4.69) is 114 Å². The normalized spacial score (nSPS) is 15.2. The summed E-state index contributed by atoms with van der Waals surface area (Å²) in [6.45, 7) is 16.3. The van der Waals surface area contributed by atoms with E-state index in [1.54, 1.807) is 0 Å². The first-order valence-electron chi connectivity index (χ1n) is 21.6. The molecule has 1 aliphatic rings. The van der Waals surface area contributed by atoms with E-state index in [0.717, 1.165) is 44.0 Å². The second-order valence-corrected chi connectivity index (χ2v) is 20.5. The molecule has 0 saturated heterocycles. The summed E-state index contributed by atoms with van der Waals surface area (Å²) in [5.74, 6) is 3.08. The van der Waals surface area contributed by atoms with Crippen molar-refractivity contribution in [1.82, 2.24) is 0 Å². The summed E-state index contributed by atoms with van der Waals surface area (Å²) in [5.41, 5.74) is 3.72. The topological polar surface area (TPSA) is 36.9 Å². The molecule has 4 aromatic heterocycles. The van der Waals surface area contributed by atoms with Crippen LogP contribution in [0.25, 0.3) is 50.5 Å². The van der Waals surface area contributed by atoms with Crippen molar-refractivity contribution in [3.05, 3.63) is 93.7 Å². The number of hydrogen-bond acceptors (Lipinski definition) is 8. The van der Waals surface area contributed by atoms with Crippen LogP contribution in [-0.2, 0) is 28.4 Å². The lowest BCUT2D eigenvalue weighted by Gasteiger charge is -2.27. The van der Waals surface area contributed by atoms with E-state index in [1.165, 1.54) is 110 Å². The maximum atomic E-state index is 7.21. The highest BCUT2D eigenvalue weighted by atomic mass is 32.1. The van der Waals surface area contributed by atoms with Crippen LogP contribution in [0.1, 0.15) is 120 Å². The maximum absolute atomic E-state index is 7.21. The standard InChI is InChI=1S/C50H58O4S4/c1-7-12-20-32(9-3)28-51-43-36-26-39(48-49-42(38-30-53-54-31-40(38)56-49)45(58-48)34-22-16-14-17-23-34)55-46(36)44(52-29-33(10-4)21-13-8-2)37-27-41(57-47(37)43)50(6,11-5)35-24-18-15-19-25-35/h14-19,22-27,32-33H,7-13,20-21,28-31H2,1-6H3. The smallest absolute Gasteiger partial charge is 0.146 e. The monoisotopic (exact) mass is 850 g/mol. The molecule has 1 aliphatic heterocycles. The molecule has 0 radical (unpaired) electrons. The molecule has 8 rings (SSSR count). The summed E-state index contributed by atoms with van der Waals surface area (Å²) in [6.07, 6.45) is 10.5. The van der Waals surface area contributed by atoms with E-state index in [1.807, 2.05) is 45.3 Å². The summed E-state index contributed by atoms with van der Waals surface area (Å²) < 4.78 is 18.2. The first kappa shape index (κ1) is 41.5. The highest BCUT2D eigenvalue weighted by Gasteiger charge is 2.33. The Labute approximate surface area is 361 Å². The molecular weight excluding hydrogens is 793 g/mol. The molecule has 0 aliphatic carbocycles. The Bertz CT molecular complexity index is 2360. The van der Waals surface area contributed by atoms with Gasteiger partial charge in [-0.2, -0.15) is 0 Å². The third-order valence-electron chi connectivity index (χ3n) is 12.5. The molecule has 4 nitrogen and oxygen atoms in total. The molecule has 8 heteroatoms. The van der Waals surface area contributed by atoms with Crippen LogP contribution in [0.3, 0.4) is 0 Å². The predicted molar refractivity (Wildman–Crippen MR) is 252 cm³/mol. The van der Waals surface area contributed by atoms with Gasteiger partial charge in [-0.15, -0.1) is 45.3 Å². The van der Waals surface area contributed by atoms with Gasteiger partial charge >= 0.3 is 0 Å². The number of ether oxygens (including phenoxy) is 2. The van der Waals surface area contributed by atoms with Crippen LogP contribution in [0.15, 0.2) is 72.8 Å². The van der Waals surface area contributed by atoms with Crippen LogP contribution < -0.4 is 9.47 Å². The van der Waals surface area contributed by atoms with Crippen molar-refractivity contribution >= 4 is 75.6 Å². The SMILES string of the molecule is CCCCC(CC)COc1c2cc(C(C)(CC)c3ccccc3)sc2c(OCC(CC)CCCC)c2cc(-c3sc(-c4ccccc4)c4c5c(sc34)COOC5)sc12. The van der Waals surface area contributed by atoms with Crippen molar-refractivity contribution < 1.29 is 19.2 Å². The van der Waals surface area contributed by atoms with Crippen LogP contribution in [0.5, 0.6) is 11.5 Å².